The number of quaternary nitrogens is 1. The van der Waals surface area contributed by atoms with Crippen molar-refractivity contribution in [2.75, 3.05) is 51.8 Å². The van der Waals surface area contributed by atoms with Gasteiger partial charge in [0.05, 0.1) is 24.7 Å². The Morgan fingerprint density at radius 3 is 2.32 bits per heavy atom. The summed E-state index contributed by atoms with van der Waals surface area (Å²) in [6.45, 7) is 5.31. The molecule has 3 rings (SSSR count). The van der Waals surface area contributed by atoms with Crippen molar-refractivity contribution < 1.29 is 18.1 Å². The number of anilines is 1. The molecular formula is C21H30N3O3S+. The van der Waals surface area contributed by atoms with Crippen molar-refractivity contribution in [3.05, 3.63) is 59.7 Å². The molecule has 1 atom stereocenters. The molecule has 0 spiro atoms. The number of hydrogen-bond donors (Lipinski definition) is 2. The second kappa shape index (κ2) is 9.05. The van der Waals surface area contributed by atoms with Gasteiger partial charge in [0.25, 0.3) is 0 Å². The molecule has 7 heteroatoms. The van der Waals surface area contributed by atoms with Crippen molar-refractivity contribution in [3.8, 4) is 0 Å². The van der Waals surface area contributed by atoms with Gasteiger partial charge in [0.15, 0.2) is 0 Å². The van der Waals surface area contributed by atoms with Gasteiger partial charge in [0, 0.05) is 25.3 Å². The van der Waals surface area contributed by atoms with E-state index in [4.69, 9.17) is 4.74 Å². The zero-order chi connectivity index (χ0) is 20.1. The average Bonchev–Trinajstić information content (AvgIpc) is 2.69. The Kier molecular flexibility index (Phi) is 6.72. The van der Waals surface area contributed by atoms with Gasteiger partial charge in [0.1, 0.15) is 19.1 Å². The Hall–Kier alpha value is -1.93. The molecule has 2 aromatic carbocycles. The number of nitrogens with zero attached hydrogens (tertiary/aromatic N) is 1. The number of sulfonamides is 1. The number of benzene rings is 2. The third-order valence-corrected chi connectivity index (χ3v) is 6.88. The van der Waals surface area contributed by atoms with E-state index >= 15 is 0 Å². The highest BCUT2D eigenvalue weighted by atomic mass is 32.2. The van der Waals surface area contributed by atoms with Crippen LogP contribution >= 0.6 is 0 Å². The van der Waals surface area contributed by atoms with E-state index in [1.165, 1.54) is 4.90 Å². The third kappa shape index (κ3) is 4.91. The van der Waals surface area contributed by atoms with Crippen molar-refractivity contribution in [3.63, 3.8) is 0 Å². The molecule has 2 N–H and O–H groups in total. The first kappa shape index (κ1) is 20.8. The van der Waals surface area contributed by atoms with E-state index in [-0.39, 0.29) is 6.04 Å². The van der Waals surface area contributed by atoms with Crippen LogP contribution in [0.3, 0.4) is 0 Å². The summed E-state index contributed by atoms with van der Waals surface area (Å²) in [6, 6.07) is 15.5. The highest BCUT2D eigenvalue weighted by molar-refractivity contribution is 7.89. The molecule has 0 aromatic heterocycles. The molecule has 1 aliphatic rings. The molecule has 0 amide bonds. The first-order valence-corrected chi connectivity index (χ1v) is 11.1. The van der Waals surface area contributed by atoms with Crippen molar-refractivity contribution in [1.29, 1.82) is 0 Å². The molecule has 6 nitrogen and oxygen atoms in total. The average molecular weight is 405 g/mol. The van der Waals surface area contributed by atoms with E-state index in [0.29, 0.717) is 24.7 Å². The summed E-state index contributed by atoms with van der Waals surface area (Å²) < 4.78 is 34.1. The number of rotatable bonds is 7. The number of nitrogens with one attached hydrogen (secondary N) is 2. The van der Waals surface area contributed by atoms with Crippen molar-refractivity contribution >= 4 is 15.7 Å². The van der Waals surface area contributed by atoms with Crippen LogP contribution in [-0.4, -0.2) is 55.4 Å². The van der Waals surface area contributed by atoms with Gasteiger partial charge >= 0.3 is 0 Å². The summed E-state index contributed by atoms with van der Waals surface area (Å²) in [5.74, 6) is 0. The minimum Gasteiger partial charge on any atom is -0.378 e. The minimum absolute atomic E-state index is 0.0407. The van der Waals surface area contributed by atoms with E-state index in [1.807, 2.05) is 33.2 Å². The molecule has 2 aromatic rings. The second-order valence-corrected chi connectivity index (χ2v) is 9.16. The summed E-state index contributed by atoms with van der Waals surface area (Å²) >= 11 is 0. The lowest BCUT2D eigenvalue weighted by Crippen LogP contribution is -3.15. The highest BCUT2D eigenvalue weighted by Crippen LogP contribution is 2.18. The topological polar surface area (TPSA) is 63.1 Å². The van der Waals surface area contributed by atoms with E-state index in [1.54, 1.807) is 12.1 Å². The molecule has 1 fully saturated rings. The largest absolute Gasteiger partial charge is 0.378 e. The van der Waals surface area contributed by atoms with E-state index < -0.39 is 10.0 Å². The predicted molar refractivity (Wildman–Crippen MR) is 111 cm³/mol. The molecule has 28 heavy (non-hydrogen) atoms. The monoisotopic (exact) mass is 404 g/mol. The fourth-order valence-corrected chi connectivity index (χ4v) is 4.90. The predicted octanol–water partition coefficient (Wildman–Crippen LogP) is 0.996. The second-order valence-electron chi connectivity index (χ2n) is 7.43. The Bertz CT molecular complexity index is 876. The van der Waals surface area contributed by atoms with E-state index in [0.717, 1.165) is 29.9 Å². The maximum absolute atomic E-state index is 12.9. The molecule has 1 heterocycles. The van der Waals surface area contributed by atoms with Crippen LogP contribution < -0.4 is 14.5 Å². The van der Waals surface area contributed by atoms with Gasteiger partial charge < -0.3 is 14.5 Å². The standard InChI is InChI=1S/C21H29N3O3S/c1-17-6-4-5-7-21(17)28(25,26)22-16-20(24-12-14-27-15-13-24)18-8-10-19(11-9-18)23(2)3/h4-11,20,22H,12-16H2,1-3H3/p+1/t20-/m0/s1. The number of ether oxygens (including phenoxy) is 1. The molecule has 0 aliphatic carbocycles. The van der Waals surface area contributed by atoms with Gasteiger partial charge in [-0.25, -0.2) is 13.1 Å². The van der Waals surface area contributed by atoms with Gasteiger partial charge in [-0.3, -0.25) is 0 Å². The Balaban J connectivity index is 1.82. The lowest BCUT2D eigenvalue weighted by atomic mass is 10.0. The third-order valence-electron chi connectivity index (χ3n) is 5.30. The van der Waals surface area contributed by atoms with Crippen LogP contribution in [-0.2, 0) is 14.8 Å². The van der Waals surface area contributed by atoms with E-state index in [2.05, 4.69) is 33.9 Å². The lowest BCUT2D eigenvalue weighted by Gasteiger charge is -2.32. The molecule has 0 bridgehead atoms. The maximum atomic E-state index is 12.9. The van der Waals surface area contributed by atoms with Crippen molar-refractivity contribution in [2.24, 2.45) is 0 Å². The van der Waals surface area contributed by atoms with Crippen LogP contribution in [0.1, 0.15) is 17.2 Å². The maximum Gasteiger partial charge on any atom is 0.241 e. The normalized spacial score (nSPS) is 16.7. The molecule has 0 unspecified atom stereocenters. The summed E-state index contributed by atoms with van der Waals surface area (Å²) in [7, 11) is 0.463. The molecule has 0 saturated carbocycles. The zero-order valence-electron chi connectivity index (χ0n) is 16.8. The summed E-state index contributed by atoms with van der Waals surface area (Å²) in [5.41, 5.74) is 3.01. The fourth-order valence-electron chi connectivity index (χ4n) is 3.61. The molecule has 152 valence electrons. The van der Waals surface area contributed by atoms with Gasteiger partial charge in [-0.15, -0.1) is 0 Å². The Morgan fingerprint density at radius 2 is 1.71 bits per heavy atom. The van der Waals surface area contributed by atoms with Crippen LogP contribution in [0.5, 0.6) is 0 Å². The lowest BCUT2D eigenvalue weighted by molar-refractivity contribution is -0.937. The van der Waals surface area contributed by atoms with Crippen LogP contribution in [0, 0.1) is 6.92 Å². The number of hydrogen-bond acceptors (Lipinski definition) is 4. The number of morpholine rings is 1. The SMILES string of the molecule is Cc1ccccc1S(=O)(=O)NC[C@@H](c1ccc(N(C)C)cc1)[NH+]1CCOCC1. The summed E-state index contributed by atoms with van der Waals surface area (Å²) in [4.78, 5) is 3.74. The Labute approximate surface area is 168 Å². The molecule has 0 radical (unpaired) electrons. The Morgan fingerprint density at radius 1 is 1.07 bits per heavy atom. The quantitative estimate of drug-likeness (QED) is 0.723. The van der Waals surface area contributed by atoms with Gasteiger partial charge in [-0.2, -0.15) is 0 Å². The van der Waals surface area contributed by atoms with Crippen molar-refractivity contribution in [1.82, 2.24) is 4.72 Å². The smallest absolute Gasteiger partial charge is 0.241 e. The van der Waals surface area contributed by atoms with E-state index in [9.17, 15) is 8.42 Å². The van der Waals surface area contributed by atoms with Crippen LogP contribution in [0.4, 0.5) is 5.69 Å². The van der Waals surface area contributed by atoms with Crippen LogP contribution in [0.2, 0.25) is 0 Å². The zero-order valence-corrected chi connectivity index (χ0v) is 17.6. The van der Waals surface area contributed by atoms with Gasteiger partial charge in [0.2, 0.25) is 10.0 Å². The molecule has 1 aliphatic heterocycles. The molecular weight excluding hydrogens is 374 g/mol. The van der Waals surface area contributed by atoms with Crippen molar-refractivity contribution in [2.45, 2.75) is 17.9 Å². The van der Waals surface area contributed by atoms with Crippen LogP contribution in [0.25, 0.3) is 0 Å². The molecule has 1 saturated heterocycles. The summed E-state index contributed by atoms with van der Waals surface area (Å²) in [5, 5.41) is 0. The van der Waals surface area contributed by atoms with Crippen LogP contribution in [0.15, 0.2) is 53.4 Å². The highest BCUT2D eigenvalue weighted by Gasteiger charge is 2.28. The minimum atomic E-state index is -3.56. The van der Waals surface area contributed by atoms with Gasteiger partial charge in [-0.05, 0) is 30.7 Å². The fraction of sp³-hybridized carbons (Fsp3) is 0.429. The summed E-state index contributed by atoms with van der Waals surface area (Å²) in [6.07, 6.45) is 0. The first-order valence-electron chi connectivity index (χ1n) is 9.63. The first-order chi connectivity index (χ1) is 13.4. The number of aryl methyl sites for hydroxylation is 1. The van der Waals surface area contributed by atoms with Gasteiger partial charge in [-0.1, -0.05) is 30.3 Å².